The average Bonchev–Trinajstić information content (AvgIpc) is 2.58. The number of anilines is 1. The number of benzene rings is 1. The number of hydrogen-bond acceptors (Lipinski definition) is 3. The highest BCUT2D eigenvalue weighted by Crippen LogP contribution is 2.36. The zero-order valence-corrected chi connectivity index (χ0v) is 14.9. The first kappa shape index (κ1) is 19.3. The minimum Gasteiger partial charge on any atom is -0.494 e. The number of rotatable bonds is 5. The number of alkyl halides is 3. The topological polar surface area (TPSA) is 54.5 Å². The van der Waals surface area contributed by atoms with E-state index in [1.54, 1.807) is 29.4 Å². The van der Waals surface area contributed by atoms with Crippen molar-refractivity contribution in [2.75, 3.05) is 25.0 Å². The summed E-state index contributed by atoms with van der Waals surface area (Å²) in [6.07, 6.45) is -0.703. The Labute approximate surface area is 159 Å². The van der Waals surface area contributed by atoms with Crippen LogP contribution in [-0.2, 0) is 6.18 Å². The van der Waals surface area contributed by atoms with Gasteiger partial charge in [0.05, 0.1) is 29.1 Å². The number of urea groups is 1. The Morgan fingerprint density at radius 1 is 1.33 bits per heavy atom. The number of halogens is 4. The van der Waals surface area contributed by atoms with Crippen molar-refractivity contribution in [3.8, 4) is 5.75 Å². The smallest absolute Gasteiger partial charge is 0.417 e. The number of carbonyl (C=O) groups excluding carboxylic acids is 1. The van der Waals surface area contributed by atoms with E-state index >= 15 is 0 Å². The normalized spacial score (nSPS) is 14.6. The van der Waals surface area contributed by atoms with Gasteiger partial charge >= 0.3 is 12.2 Å². The van der Waals surface area contributed by atoms with E-state index in [1.165, 1.54) is 12.1 Å². The van der Waals surface area contributed by atoms with Gasteiger partial charge in [-0.1, -0.05) is 11.6 Å². The Morgan fingerprint density at radius 2 is 2.11 bits per heavy atom. The Kier molecular flexibility index (Phi) is 5.74. The van der Waals surface area contributed by atoms with Crippen LogP contribution in [0.3, 0.4) is 0 Å². The maximum atomic E-state index is 12.8. The van der Waals surface area contributed by atoms with Crippen LogP contribution in [0.2, 0.25) is 5.02 Å². The van der Waals surface area contributed by atoms with Crippen LogP contribution in [0.25, 0.3) is 0 Å². The molecule has 0 saturated carbocycles. The monoisotopic (exact) mass is 399 g/mol. The first-order chi connectivity index (χ1) is 12.8. The Bertz CT molecular complexity index is 796. The molecule has 0 spiro atoms. The van der Waals surface area contributed by atoms with E-state index in [0.29, 0.717) is 25.2 Å². The van der Waals surface area contributed by atoms with Crippen molar-refractivity contribution in [1.29, 1.82) is 0 Å². The molecule has 1 fully saturated rings. The molecular weight excluding hydrogens is 383 g/mol. The SMILES string of the molecule is O=C(Nc1cccnc1)N1CC(CCOc2ccc(Cl)c(C(F)(F)F)c2)C1. The number of amides is 2. The highest BCUT2D eigenvalue weighted by atomic mass is 35.5. The highest BCUT2D eigenvalue weighted by Gasteiger charge is 2.34. The van der Waals surface area contributed by atoms with Gasteiger partial charge in [-0.25, -0.2) is 4.79 Å². The van der Waals surface area contributed by atoms with E-state index < -0.39 is 11.7 Å². The molecule has 144 valence electrons. The Morgan fingerprint density at radius 3 is 2.78 bits per heavy atom. The molecule has 2 aromatic rings. The van der Waals surface area contributed by atoms with Gasteiger partial charge in [0, 0.05) is 19.3 Å². The van der Waals surface area contributed by atoms with E-state index in [9.17, 15) is 18.0 Å². The number of nitrogens with zero attached hydrogens (tertiary/aromatic N) is 2. The van der Waals surface area contributed by atoms with Gasteiger partial charge in [-0.2, -0.15) is 13.2 Å². The number of likely N-dealkylation sites (tertiary alicyclic amines) is 1. The summed E-state index contributed by atoms with van der Waals surface area (Å²) in [7, 11) is 0. The van der Waals surface area contributed by atoms with Gasteiger partial charge in [0.15, 0.2) is 0 Å². The summed E-state index contributed by atoms with van der Waals surface area (Å²) >= 11 is 5.58. The zero-order chi connectivity index (χ0) is 19.4. The zero-order valence-electron chi connectivity index (χ0n) is 14.2. The molecule has 0 aliphatic carbocycles. The molecule has 1 aliphatic rings. The predicted octanol–water partition coefficient (Wildman–Crippen LogP) is 4.69. The van der Waals surface area contributed by atoms with Crippen LogP contribution in [0.15, 0.2) is 42.7 Å². The van der Waals surface area contributed by atoms with E-state index in [2.05, 4.69) is 10.3 Å². The lowest BCUT2D eigenvalue weighted by molar-refractivity contribution is -0.137. The fraction of sp³-hybridized carbons (Fsp3) is 0.333. The molecule has 5 nitrogen and oxygen atoms in total. The van der Waals surface area contributed by atoms with Gasteiger partial charge in [-0.05, 0) is 42.7 Å². The van der Waals surface area contributed by atoms with E-state index in [1.807, 2.05) is 0 Å². The second-order valence-corrected chi connectivity index (χ2v) is 6.63. The van der Waals surface area contributed by atoms with Crippen molar-refractivity contribution in [3.05, 3.63) is 53.3 Å². The van der Waals surface area contributed by atoms with Crippen molar-refractivity contribution in [1.82, 2.24) is 9.88 Å². The van der Waals surface area contributed by atoms with Gasteiger partial charge in [0.2, 0.25) is 0 Å². The quantitative estimate of drug-likeness (QED) is 0.793. The second kappa shape index (κ2) is 8.04. The summed E-state index contributed by atoms with van der Waals surface area (Å²) in [6.45, 7) is 1.41. The fourth-order valence-corrected chi connectivity index (χ4v) is 2.94. The molecule has 1 aromatic carbocycles. The number of nitrogens with one attached hydrogen (secondary N) is 1. The van der Waals surface area contributed by atoms with Crippen molar-refractivity contribution in [2.45, 2.75) is 12.6 Å². The van der Waals surface area contributed by atoms with E-state index in [-0.39, 0.29) is 29.3 Å². The molecule has 3 rings (SSSR count). The van der Waals surface area contributed by atoms with Crippen molar-refractivity contribution in [2.24, 2.45) is 5.92 Å². The second-order valence-electron chi connectivity index (χ2n) is 6.22. The molecule has 9 heteroatoms. The summed E-state index contributed by atoms with van der Waals surface area (Å²) in [6, 6.07) is 6.76. The largest absolute Gasteiger partial charge is 0.494 e. The van der Waals surface area contributed by atoms with Crippen LogP contribution < -0.4 is 10.1 Å². The molecule has 2 heterocycles. The number of aromatic nitrogens is 1. The Hall–Kier alpha value is -2.48. The van der Waals surface area contributed by atoms with E-state index in [0.717, 1.165) is 6.07 Å². The minimum atomic E-state index is -4.52. The van der Waals surface area contributed by atoms with Crippen molar-refractivity contribution < 1.29 is 22.7 Å². The molecule has 0 bridgehead atoms. The molecule has 27 heavy (non-hydrogen) atoms. The van der Waals surface area contributed by atoms with Crippen LogP contribution in [0.1, 0.15) is 12.0 Å². The summed E-state index contributed by atoms with van der Waals surface area (Å²) in [4.78, 5) is 17.6. The van der Waals surface area contributed by atoms with Crippen LogP contribution >= 0.6 is 11.6 Å². The molecule has 1 N–H and O–H groups in total. The lowest BCUT2D eigenvalue weighted by Gasteiger charge is -2.39. The maximum absolute atomic E-state index is 12.8. The van der Waals surface area contributed by atoms with Gasteiger partial charge in [-0.15, -0.1) is 0 Å². The molecule has 0 radical (unpaired) electrons. The maximum Gasteiger partial charge on any atom is 0.417 e. The molecule has 0 unspecified atom stereocenters. The number of ether oxygens (including phenoxy) is 1. The van der Waals surface area contributed by atoms with Crippen molar-refractivity contribution in [3.63, 3.8) is 0 Å². The highest BCUT2D eigenvalue weighted by molar-refractivity contribution is 6.31. The molecule has 1 saturated heterocycles. The summed E-state index contributed by atoms with van der Waals surface area (Å²) < 4.78 is 43.9. The van der Waals surface area contributed by atoms with Crippen LogP contribution in [-0.4, -0.2) is 35.6 Å². The predicted molar refractivity (Wildman–Crippen MR) is 94.9 cm³/mol. The van der Waals surface area contributed by atoms with Gasteiger partial charge in [-0.3, -0.25) is 4.98 Å². The van der Waals surface area contributed by atoms with Crippen LogP contribution in [0.4, 0.5) is 23.7 Å². The van der Waals surface area contributed by atoms with Gasteiger partial charge in [0.1, 0.15) is 5.75 Å². The number of carbonyl (C=O) groups is 1. The number of pyridine rings is 1. The summed E-state index contributed by atoms with van der Waals surface area (Å²) in [5.41, 5.74) is -0.291. The standard InChI is InChI=1S/C18H17ClF3N3O2/c19-16-4-3-14(8-15(16)18(20,21)22)27-7-5-12-10-25(11-12)17(26)24-13-2-1-6-23-9-13/h1-4,6,8-9,12H,5,7,10-11H2,(H,24,26). The summed E-state index contributed by atoms with van der Waals surface area (Å²) in [5, 5.41) is 2.39. The average molecular weight is 400 g/mol. The van der Waals surface area contributed by atoms with E-state index in [4.69, 9.17) is 16.3 Å². The lowest BCUT2D eigenvalue weighted by Crippen LogP contribution is -2.52. The number of hydrogen-bond donors (Lipinski definition) is 1. The fourth-order valence-electron chi connectivity index (χ4n) is 2.71. The molecule has 1 aliphatic heterocycles. The third kappa shape index (κ3) is 5.03. The van der Waals surface area contributed by atoms with Crippen LogP contribution in [0.5, 0.6) is 5.75 Å². The van der Waals surface area contributed by atoms with Gasteiger partial charge < -0.3 is 15.0 Å². The Balaban J connectivity index is 1.41. The lowest BCUT2D eigenvalue weighted by atomic mass is 9.97. The first-order valence-corrected chi connectivity index (χ1v) is 8.66. The first-order valence-electron chi connectivity index (χ1n) is 8.28. The third-order valence-electron chi connectivity index (χ3n) is 4.20. The third-order valence-corrected chi connectivity index (χ3v) is 4.52. The van der Waals surface area contributed by atoms with Crippen molar-refractivity contribution >= 4 is 23.3 Å². The van der Waals surface area contributed by atoms with Crippen LogP contribution in [0, 0.1) is 5.92 Å². The minimum absolute atomic E-state index is 0.122. The van der Waals surface area contributed by atoms with Gasteiger partial charge in [0.25, 0.3) is 0 Å². The summed E-state index contributed by atoms with van der Waals surface area (Å²) in [5.74, 6) is 0.372. The molecular formula is C18H17ClF3N3O2. The molecule has 2 amide bonds. The molecule has 0 atom stereocenters. The molecule has 1 aromatic heterocycles.